The predicted octanol–water partition coefficient (Wildman–Crippen LogP) is 5.97. The van der Waals surface area contributed by atoms with Crippen molar-refractivity contribution in [3.8, 4) is 28.2 Å². The van der Waals surface area contributed by atoms with Crippen LogP contribution in [0.1, 0.15) is 0 Å². The standard InChI is InChI=1S/C21H15BrN2/c22-18-12-7-13-19(14-18)24-15-23-20(16-8-3-1-4-9-16)21(24)17-10-5-2-6-11-17/h1-15H. The first-order chi connectivity index (χ1) is 11.8. The van der Waals surface area contributed by atoms with Crippen molar-refractivity contribution in [2.24, 2.45) is 0 Å². The van der Waals surface area contributed by atoms with Crippen LogP contribution in [0.4, 0.5) is 0 Å². The zero-order valence-electron chi connectivity index (χ0n) is 12.9. The first-order valence-electron chi connectivity index (χ1n) is 7.77. The molecular weight excluding hydrogens is 360 g/mol. The van der Waals surface area contributed by atoms with E-state index in [0.717, 1.165) is 32.7 Å². The lowest BCUT2D eigenvalue weighted by molar-refractivity contribution is 1.06. The topological polar surface area (TPSA) is 17.8 Å². The minimum atomic E-state index is 0.988. The van der Waals surface area contributed by atoms with Crippen LogP contribution in [-0.2, 0) is 0 Å². The van der Waals surface area contributed by atoms with Crippen LogP contribution in [-0.4, -0.2) is 9.55 Å². The van der Waals surface area contributed by atoms with E-state index in [4.69, 9.17) is 4.98 Å². The van der Waals surface area contributed by atoms with Crippen molar-refractivity contribution in [2.75, 3.05) is 0 Å². The summed E-state index contributed by atoms with van der Waals surface area (Å²) >= 11 is 3.56. The number of hydrogen-bond donors (Lipinski definition) is 0. The highest BCUT2D eigenvalue weighted by Gasteiger charge is 2.15. The molecule has 0 atom stereocenters. The van der Waals surface area contributed by atoms with Crippen LogP contribution in [0.3, 0.4) is 0 Å². The molecule has 4 rings (SSSR count). The molecule has 24 heavy (non-hydrogen) atoms. The van der Waals surface area contributed by atoms with Gasteiger partial charge in [-0.2, -0.15) is 0 Å². The Hall–Kier alpha value is -2.65. The summed E-state index contributed by atoms with van der Waals surface area (Å²) in [6.07, 6.45) is 1.90. The smallest absolute Gasteiger partial charge is 0.100 e. The molecule has 1 heterocycles. The minimum absolute atomic E-state index is 0.988. The average Bonchev–Trinajstić information content (AvgIpc) is 3.08. The van der Waals surface area contributed by atoms with E-state index >= 15 is 0 Å². The number of imidazole rings is 1. The first-order valence-corrected chi connectivity index (χ1v) is 8.56. The Morgan fingerprint density at radius 1 is 0.708 bits per heavy atom. The Bertz CT molecular complexity index is 960. The van der Waals surface area contributed by atoms with Gasteiger partial charge in [-0.1, -0.05) is 82.7 Å². The van der Waals surface area contributed by atoms with E-state index in [1.165, 1.54) is 0 Å². The number of hydrogen-bond acceptors (Lipinski definition) is 1. The highest BCUT2D eigenvalue weighted by Crippen LogP contribution is 2.33. The molecule has 0 radical (unpaired) electrons. The Morgan fingerprint density at radius 2 is 1.38 bits per heavy atom. The van der Waals surface area contributed by atoms with E-state index in [1.54, 1.807) is 0 Å². The number of nitrogens with zero attached hydrogens (tertiary/aromatic N) is 2. The van der Waals surface area contributed by atoms with Gasteiger partial charge in [-0.15, -0.1) is 0 Å². The van der Waals surface area contributed by atoms with Gasteiger partial charge < -0.3 is 0 Å². The molecule has 0 fully saturated rings. The van der Waals surface area contributed by atoms with Gasteiger partial charge in [0.25, 0.3) is 0 Å². The van der Waals surface area contributed by atoms with E-state index in [-0.39, 0.29) is 0 Å². The van der Waals surface area contributed by atoms with Gasteiger partial charge in [0.2, 0.25) is 0 Å². The molecule has 0 saturated heterocycles. The number of rotatable bonds is 3. The lowest BCUT2D eigenvalue weighted by atomic mass is 10.0. The van der Waals surface area contributed by atoms with Gasteiger partial charge in [-0.3, -0.25) is 4.57 Å². The fourth-order valence-electron chi connectivity index (χ4n) is 2.85. The fraction of sp³-hybridized carbons (Fsp3) is 0. The summed E-state index contributed by atoms with van der Waals surface area (Å²) < 4.78 is 3.19. The van der Waals surface area contributed by atoms with Gasteiger partial charge in [0, 0.05) is 21.3 Å². The Balaban J connectivity index is 1.97. The van der Waals surface area contributed by atoms with E-state index in [1.807, 2.05) is 42.7 Å². The largest absolute Gasteiger partial charge is 0.298 e. The molecule has 3 aromatic carbocycles. The highest BCUT2D eigenvalue weighted by atomic mass is 79.9. The lowest BCUT2D eigenvalue weighted by Crippen LogP contribution is -1.96. The Morgan fingerprint density at radius 3 is 2.04 bits per heavy atom. The molecule has 1 aromatic heterocycles. The second-order valence-corrected chi connectivity index (χ2v) is 6.44. The normalized spacial score (nSPS) is 10.7. The van der Waals surface area contributed by atoms with Crippen LogP contribution in [0.2, 0.25) is 0 Å². The summed E-state index contributed by atoms with van der Waals surface area (Å²) in [6.45, 7) is 0. The third kappa shape index (κ3) is 2.79. The van der Waals surface area contributed by atoms with Crippen molar-refractivity contribution < 1.29 is 0 Å². The molecule has 0 bridgehead atoms. The molecular formula is C21H15BrN2. The Kier molecular flexibility index (Phi) is 4.01. The average molecular weight is 375 g/mol. The molecule has 116 valence electrons. The summed E-state index contributed by atoms with van der Waals surface area (Å²) in [5, 5.41) is 0. The number of halogens is 1. The summed E-state index contributed by atoms with van der Waals surface area (Å²) in [6, 6.07) is 29.0. The number of benzene rings is 3. The second kappa shape index (κ2) is 6.46. The van der Waals surface area contributed by atoms with Crippen molar-refractivity contribution in [3.63, 3.8) is 0 Å². The van der Waals surface area contributed by atoms with Crippen molar-refractivity contribution >= 4 is 15.9 Å². The zero-order valence-corrected chi connectivity index (χ0v) is 14.5. The molecule has 0 spiro atoms. The van der Waals surface area contributed by atoms with Gasteiger partial charge in [-0.05, 0) is 18.2 Å². The lowest BCUT2D eigenvalue weighted by Gasteiger charge is -2.11. The van der Waals surface area contributed by atoms with Crippen LogP contribution < -0.4 is 0 Å². The molecule has 4 aromatic rings. The molecule has 0 saturated carbocycles. The van der Waals surface area contributed by atoms with Crippen molar-refractivity contribution in [1.82, 2.24) is 9.55 Å². The molecule has 0 N–H and O–H groups in total. The molecule has 0 aliphatic heterocycles. The van der Waals surface area contributed by atoms with Crippen molar-refractivity contribution in [1.29, 1.82) is 0 Å². The SMILES string of the molecule is Brc1cccc(-n2cnc(-c3ccccc3)c2-c2ccccc2)c1. The molecule has 0 aliphatic carbocycles. The highest BCUT2D eigenvalue weighted by molar-refractivity contribution is 9.10. The van der Waals surface area contributed by atoms with Crippen molar-refractivity contribution in [2.45, 2.75) is 0 Å². The second-order valence-electron chi connectivity index (χ2n) is 5.52. The number of aromatic nitrogens is 2. The minimum Gasteiger partial charge on any atom is -0.298 e. The maximum absolute atomic E-state index is 4.72. The van der Waals surface area contributed by atoms with Gasteiger partial charge in [0.15, 0.2) is 0 Å². The van der Waals surface area contributed by atoms with Gasteiger partial charge in [0.05, 0.1) is 11.4 Å². The first kappa shape index (κ1) is 14.9. The predicted molar refractivity (Wildman–Crippen MR) is 102 cm³/mol. The molecule has 3 heteroatoms. The third-order valence-corrected chi connectivity index (χ3v) is 4.44. The summed E-state index contributed by atoms with van der Waals surface area (Å²) in [5.74, 6) is 0. The van der Waals surface area contributed by atoms with E-state index in [9.17, 15) is 0 Å². The van der Waals surface area contributed by atoms with Crippen LogP contribution in [0, 0.1) is 0 Å². The Labute approximate surface area is 149 Å². The third-order valence-electron chi connectivity index (χ3n) is 3.95. The summed E-state index contributed by atoms with van der Waals surface area (Å²) in [7, 11) is 0. The molecule has 0 unspecified atom stereocenters. The van der Waals surface area contributed by atoms with E-state index in [2.05, 4.69) is 69.0 Å². The van der Waals surface area contributed by atoms with Gasteiger partial charge in [-0.25, -0.2) is 4.98 Å². The van der Waals surface area contributed by atoms with Crippen molar-refractivity contribution in [3.05, 3.63) is 95.7 Å². The van der Waals surface area contributed by atoms with Crippen LogP contribution >= 0.6 is 15.9 Å². The molecule has 0 amide bonds. The van der Waals surface area contributed by atoms with E-state index < -0.39 is 0 Å². The summed E-state index contributed by atoms with van der Waals surface area (Å²) in [5.41, 5.74) is 5.43. The molecule has 0 aliphatic rings. The van der Waals surface area contributed by atoms with Gasteiger partial charge in [0.1, 0.15) is 6.33 Å². The van der Waals surface area contributed by atoms with E-state index in [0.29, 0.717) is 0 Å². The quantitative estimate of drug-likeness (QED) is 0.431. The maximum Gasteiger partial charge on any atom is 0.100 e. The fourth-order valence-corrected chi connectivity index (χ4v) is 3.24. The molecule has 2 nitrogen and oxygen atoms in total. The van der Waals surface area contributed by atoms with Crippen LogP contribution in [0.25, 0.3) is 28.2 Å². The zero-order chi connectivity index (χ0) is 16.4. The van der Waals surface area contributed by atoms with Gasteiger partial charge >= 0.3 is 0 Å². The summed E-state index contributed by atoms with van der Waals surface area (Å²) in [4.78, 5) is 4.72. The van der Waals surface area contributed by atoms with Crippen LogP contribution in [0.15, 0.2) is 95.7 Å². The van der Waals surface area contributed by atoms with Crippen LogP contribution in [0.5, 0.6) is 0 Å². The monoisotopic (exact) mass is 374 g/mol. The maximum atomic E-state index is 4.72.